The highest BCUT2D eigenvalue weighted by molar-refractivity contribution is 5.95. The zero-order chi connectivity index (χ0) is 20.3. The number of pyridine rings is 1. The van der Waals surface area contributed by atoms with Crippen molar-refractivity contribution in [1.82, 2.24) is 20.5 Å². The lowest BCUT2D eigenvalue weighted by Gasteiger charge is -2.33. The van der Waals surface area contributed by atoms with Gasteiger partial charge >= 0.3 is 6.18 Å². The first-order valence-electron chi connectivity index (χ1n) is 9.61. The highest BCUT2D eigenvalue weighted by atomic mass is 19.4. The topological polar surface area (TPSA) is 74.3 Å². The van der Waals surface area contributed by atoms with Crippen molar-refractivity contribution in [2.75, 3.05) is 26.2 Å². The van der Waals surface area contributed by atoms with Crippen LogP contribution >= 0.6 is 0 Å². The van der Waals surface area contributed by atoms with E-state index in [-0.39, 0.29) is 35.0 Å². The van der Waals surface area contributed by atoms with Crippen molar-refractivity contribution in [3.05, 3.63) is 29.1 Å². The van der Waals surface area contributed by atoms with E-state index in [1.807, 2.05) is 0 Å². The molecule has 0 radical (unpaired) electrons. The van der Waals surface area contributed by atoms with Crippen molar-refractivity contribution in [3.8, 4) is 0 Å². The highest BCUT2D eigenvalue weighted by Crippen LogP contribution is 2.28. The van der Waals surface area contributed by atoms with E-state index in [0.717, 1.165) is 38.3 Å². The number of carbonyl (C=O) groups excluding carboxylic acids is 2. The van der Waals surface area contributed by atoms with E-state index in [9.17, 15) is 22.8 Å². The Morgan fingerprint density at radius 3 is 2.71 bits per heavy atom. The monoisotopic (exact) mass is 398 g/mol. The van der Waals surface area contributed by atoms with Gasteiger partial charge in [-0.05, 0) is 57.2 Å². The van der Waals surface area contributed by atoms with Crippen LogP contribution in [-0.2, 0) is 11.0 Å². The lowest BCUT2D eigenvalue weighted by molar-refractivity contribution is -0.141. The standard InChI is InChI=1S/C19H25F3N4O2/c1-12-14(6-7-16(25-12)19(20,21)22)18(28)26-9-3-4-13(11-26)10-24-17(27)15-5-2-8-23-15/h6-7,13,15,23H,2-5,8-11H2,1H3,(H,24,27). The fourth-order valence-electron chi connectivity index (χ4n) is 3.81. The molecule has 6 nitrogen and oxygen atoms in total. The van der Waals surface area contributed by atoms with Gasteiger partial charge in [-0.25, -0.2) is 4.98 Å². The molecule has 2 aliphatic heterocycles. The number of nitrogens with one attached hydrogen (secondary N) is 2. The van der Waals surface area contributed by atoms with Crippen molar-refractivity contribution in [1.29, 1.82) is 0 Å². The Kier molecular flexibility index (Phi) is 6.22. The van der Waals surface area contributed by atoms with Gasteiger partial charge in [0.05, 0.1) is 17.3 Å². The molecular formula is C19H25F3N4O2. The second-order valence-corrected chi connectivity index (χ2v) is 7.48. The molecule has 2 N–H and O–H groups in total. The van der Waals surface area contributed by atoms with Crippen LogP contribution in [0, 0.1) is 12.8 Å². The number of hydrogen-bond acceptors (Lipinski definition) is 4. The van der Waals surface area contributed by atoms with Gasteiger partial charge in [0.1, 0.15) is 5.69 Å². The summed E-state index contributed by atoms with van der Waals surface area (Å²) >= 11 is 0. The molecule has 0 bridgehead atoms. The van der Waals surface area contributed by atoms with Crippen molar-refractivity contribution >= 4 is 11.8 Å². The number of carbonyl (C=O) groups is 2. The van der Waals surface area contributed by atoms with E-state index in [4.69, 9.17) is 0 Å². The van der Waals surface area contributed by atoms with E-state index in [2.05, 4.69) is 15.6 Å². The molecule has 1 aromatic heterocycles. The molecule has 9 heteroatoms. The normalized spacial score (nSPS) is 22.9. The third-order valence-electron chi connectivity index (χ3n) is 5.35. The van der Waals surface area contributed by atoms with Crippen molar-refractivity contribution in [3.63, 3.8) is 0 Å². The summed E-state index contributed by atoms with van der Waals surface area (Å²) in [5.41, 5.74) is -0.739. The van der Waals surface area contributed by atoms with E-state index in [1.54, 1.807) is 4.90 Å². The molecule has 2 aliphatic rings. The molecule has 0 aliphatic carbocycles. The van der Waals surface area contributed by atoms with Gasteiger partial charge in [0.15, 0.2) is 0 Å². The molecule has 0 saturated carbocycles. The maximum atomic E-state index is 12.8. The molecular weight excluding hydrogens is 373 g/mol. The van der Waals surface area contributed by atoms with Gasteiger partial charge in [0.2, 0.25) is 5.91 Å². The Labute approximate surface area is 161 Å². The van der Waals surface area contributed by atoms with Crippen LogP contribution in [0.2, 0.25) is 0 Å². The highest BCUT2D eigenvalue weighted by Gasteiger charge is 2.34. The molecule has 2 amide bonds. The first-order chi connectivity index (χ1) is 13.3. The maximum absolute atomic E-state index is 12.8. The molecule has 2 fully saturated rings. The smallest absolute Gasteiger partial charge is 0.354 e. The summed E-state index contributed by atoms with van der Waals surface area (Å²) in [5, 5.41) is 6.10. The van der Waals surface area contributed by atoms with Crippen LogP contribution in [0.5, 0.6) is 0 Å². The number of alkyl halides is 3. The average molecular weight is 398 g/mol. The van der Waals surface area contributed by atoms with Crippen LogP contribution in [0.3, 0.4) is 0 Å². The zero-order valence-electron chi connectivity index (χ0n) is 15.8. The maximum Gasteiger partial charge on any atom is 0.433 e. The summed E-state index contributed by atoms with van der Waals surface area (Å²) in [4.78, 5) is 30.1. The van der Waals surface area contributed by atoms with Gasteiger partial charge in [-0.2, -0.15) is 13.2 Å². The zero-order valence-corrected chi connectivity index (χ0v) is 15.8. The van der Waals surface area contributed by atoms with Gasteiger partial charge in [-0.15, -0.1) is 0 Å². The van der Waals surface area contributed by atoms with Gasteiger partial charge in [-0.1, -0.05) is 0 Å². The first kappa shape index (κ1) is 20.6. The lowest BCUT2D eigenvalue weighted by Crippen LogP contribution is -2.46. The van der Waals surface area contributed by atoms with Crippen LogP contribution in [0.4, 0.5) is 13.2 Å². The van der Waals surface area contributed by atoms with E-state index >= 15 is 0 Å². The third-order valence-corrected chi connectivity index (χ3v) is 5.35. The Balaban J connectivity index is 1.59. The van der Waals surface area contributed by atoms with Crippen molar-refractivity contribution in [2.24, 2.45) is 5.92 Å². The number of aromatic nitrogens is 1. The van der Waals surface area contributed by atoms with Gasteiger partial charge in [0, 0.05) is 19.6 Å². The Hall–Kier alpha value is -2.16. The fourth-order valence-corrected chi connectivity index (χ4v) is 3.81. The molecule has 2 saturated heterocycles. The summed E-state index contributed by atoms with van der Waals surface area (Å²) in [5.74, 6) is -0.193. The van der Waals surface area contributed by atoms with Gasteiger partial charge in [0.25, 0.3) is 5.91 Å². The number of halogens is 3. The van der Waals surface area contributed by atoms with Crippen LogP contribution < -0.4 is 10.6 Å². The fraction of sp³-hybridized carbons (Fsp3) is 0.632. The first-order valence-corrected chi connectivity index (χ1v) is 9.61. The number of nitrogens with zero attached hydrogens (tertiary/aromatic N) is 2. The number of hydrogen-bond donors (Lipinski definition) is 2. The minimum absolute atomic E-state index is 0.0104. The minimum Gasteiger partial charge on any atom is -0.354 e. The van der Waals surface area contributed by atoms with Crippen molar-refractivity contribution in [2.45, 2.75) is 44.8 Å². The minimum atomic E-state index is -4.53. The Morgan fingerprint density at radius 2 is 2.07 bits per heavy atom. The van der Waals surface area contributed by atoms with Gasteiger partial charge < -0.3 is 15.5 Å². The van der Waals surface area contributed by atoms with Crippen LogP contribution in [0.15, 0.2) is 12.1 Å². The quantitative estimate of drug-likeness (QED) is 0.815. The number of piperidine rings is 1. The van der Waals surface area contributed by atoms with E-state index in [0.29, 0.717) is 19.6 Å². The molecule has 2 unspecified atom stereocenters. The van der Waals surface area contributed by atoms with Crippen molar-refractivity contribution < 1.29 is 22.8 Å². The average Bonchev–Trinajstić information content (AvgIpc) is 3.20. The van der Waals surface area contributed by atoms with Crippen LogP contribution in [0.25, 0.3) is 0 Å². The predicted molar refractivity (Wildman–Crippen MR) is 96.6 cm³/mol. The summed E-state index contributed by atoms with van der Waals surface area (Å²) < 4.78 is 38.3. The molecule has 0 aromatic carbocycles. The molecule has 3 heterocycles. The second-order valence-electron chi connectivity index (χ2n) is 7.48. The van der Waals surface area contributed by atoms with Gasteiger partial charge in [-0.3, -0.25) is 9.59 Å². The number of likely N-dealkylation sites (tertiary alicyclic amines) is 1. The molecule has 0 spiro atoms. The number of aryl methyl sites for hydroxylation is 1. The number of amides is 2. The molecule has 28 heavy (non-hydrogen) atoms. The SMILES string of the molecule is Cc1nc(C(F)(F)F)ccc1C(=O)N1CCCC(CNC(=O)C2CCCN2)C1. The summed E-state index contributed by atoms with van der Waals surface area (Å²) in [6, 6.07) is 1.91. The predicted octanol–water partition coefficient (Wildman–Crippen LogP) is 2.13. The summed E-state index contributed by atoms with van der Waals surface area (Å²) in [6.07, 6.45) is -1.02. The lowest BCUT2D eigenvalue weighted by atomic mass is 9.97. The third kappa shape index (κ3) is 4.81. The molecule has 2 atom stereocenters. The van der Waals surface area contributed by atoms with Crippen LogP contribution in [-0.4, -0.2) is 53.9 Å². The number of rotatable bonds is 4. The second kappa shape index (κ2) is 8.46. The molecule has 1 aromatic rings. The Morgan fingerprint density at radius 1 is 1.29 bits per heavy atom. The van der Waals surface area contributed by atoms with E-state index < -0.39 is 11.9 Å². The van der Waals surface area contributed by atoms with Crippen LogP contribution in [0.1, 0.15) is 47.4 Å². The largest absolute Gasteiger partial charge is 0.433 e. The summed E-state index contributed by atoms with van der Waals surface area (Å²) in [6.45, 7) is 3.78. The molecule has 3 rings (SSSR count). The van der Waals surface area contributed by atoms with E-state index in [1.165, 1.54) is 13.0 Å². The molecule has 154 valence electrons. The Bertz CT molecular complexity index is 732. The summed E-state index contributed by atoms with van der Waals surface area (Å²) in [7, 11) is 0.